The van der Waals surface area contributed by atoms with Gasteiger partial charge in [0.2, 0.25) is 0 Å². The monoisotopic (exact) mass is 416 g/mol. The maximum atomic E-state index is 15.3. The molecule has 0 spiro atoms. The average Bonchev–Trinajstić information content (AvgIpc) is 3.42. The van der Waals surface area contributed by atoms with Crippen molar-refractivity contribution in [2.24, 2.45) is 17.3 Å². The lowest BCUT2D eigenvalue weighted by Crippen LogP contribution is -2.25. The Hall–Kier alpha value is -1.85. The van der Waals surface area contributed by atoms with E-state index in [1.54, 1.807) is 0 Å². The number of rotatable bonds is 5. The molecule has 0 amide bonds. The van der Waals surface area contributed by atoms with Crippen LogP contribution >= 0.6 is 7.14 Å². The van der Waals surface area contributed by atoms with Gasteiger partial charge < -0.3 is 4.57 Å². The lowest BCUT2D eigenvalue weighted by atomic mass is 9.76. The van der Waals surface area contributed by atoms with Crippen molar-refractivity contribution < 1.29 is 4.57 Å². The molecule has 2 atom stereocenters. The van der Waals surface area contributed by atoms with Gasteiger partial charge in [-0.3, -0.25) is 0 Å². The van der Waals surface area contributed by atoms with E-state index in [1.807, 2.05) is 36.4 Å². The second-order valence-electron chi connectivity index (χ2n) is 9.55. The summed E-state index contributed by atoms with van der Waals surface area (Å²) in [6.07, 6.45) is 11.1. The summed E-state index contributed by atoms with van der Waals surface area (Å²) in [6.45, 7) is 4.67. The summed E-state index contributed by atoms with van der Waals surface area (Å²) in [5.41, 5.74) is 3.25. The molecule has 1 nitrogen and oxygen atoms in total. The maximum Gasteiger partial charge on any atom is 0.171 e. The van der Waals surface area contributed by atoms with Crippen LogP contribution in [0.3, 0.4) is 0 Å². The molecule has 5 rings (SSSR count). The van der Waals surface area contributed by atoms with Crippen LogP contribution in [0.4, 0.5) is 0 Å². The van der Waals surface area contributed by atoms with Crippen molar-refractivity contribution in [1.29, 1.82) is 0 Å². The van der Waals surface area contributed by atoms with Crippen LogP contribution < -0.4 is 10.6 Å². The van der Waals surface area contributed by atoms with Gasteiger partial charge in [-0.2, -0.15) is 0 Å². The first kappa shape index (κ1) is 20.1. The van der Waals surface area contributed by atoms with Gasteiger partial charge >= 0.3 is 0 Å². The highest BCUT2D eigenvalue weighted by atomic mass is 31.2. The fourth-order valence-corrected chi connectivity index (χ4v) is 9.72. The van der Waals surface area contributed by atoms with Gasteiger partial charge in [-0.15, -0.1) is 0 Å². The van der Waals surface area contributed by atoms with Crippen LogP contribution in [0, 0.1) is 17.3 Å². The summed E-state index contributed by atoms with van der Waals surface area (Å²) < 4.78 is 15.3. The van der Waals surface area contributed by atoms with E-state index in [-0.39, 0.29) is 5.41 Å². The Labute approximate surface area is 181 Å². The van der Waals surface area contributed by atoms with Crippen LogP contribution in [0.1, 0.15) is 58.8 Å². The molecule has 0 N–H and O–H groups in total. The van der Waals surface area contributed by atoms with E-state index in [9.17, 15) is 0 Å². The second-order valence-corrected chi connectivity index (χ2v) is 12.2. The van der Waals surface area contributed by atoms with E-state index in [2.05, 4.69) is 44.2 Å². The van der Waals surface area contributed by atoms with Gasteiger partial charge in [0, 0.05) is 15.9 Å². The summed E-state index contributed by atoms with van der Waals surface area (Å²) in [6, 6.07) is 20.6. The lowest BCUT2D eigenvalue weighted by molar-refractivity contribution is 0.289. The van der Waals surface area contributed by atoms with Crippen LogP contribution in [-0.4, -0.2) is 0 Å². The van der Waals surface area contributed by atoms with Gasteiger partial charge in [0.05, 0.1) is 0 Å². The first-order valence-electron chi connectivity index (χ1n) is 11.8. The fraction of sp³-hybridized carbons (Fsp3) is 0.429. The molecule has 0 aliphatic heterocycles. The number of benzene rings is 2. The molecule has 0 aromatic heterocycles. The Balaban J connectivity index is 1.80. The first-order chi connectivity index (χ1) is 14.6. The normalized spacial score (nSPS) is 25.1. The zero-order valence-corrected chi connectivity index (χ0v) is 19.2. The minimum Gasteiger partial charge on any atom is -0.309 e. The molecule has 156 valence electrons. The van der Waals surface area contributed by atoms with Crippen molar-refractivity contribution >= 4 is 17.8 Å². The summed E-state index contributed by atoms with van der Waals surface area (Å²) in [5.74, 6) is 1.21. The SMILES string of the molecule is CCC1(CC)C=C2C(P(=O)(c3ccccc3)c3ccccc3)=C3CCC[C@H]3C[C@@H]2C1. The van der Waals surface area contributed by atoms with Crippen LogP contribution in [0.2, 0.25) is 0 Å². The van der Waals surface area contributed by atoms with Crippen molar-refractivity contribution in [2.75, 3.05) is 0 Å². The second kappa shape index (κ2) is 7.69. The topological polar surface area (TPSA) is 17.1 Å². The quantitative estimate of drug-likeness (QED) is 0.471. The van der Waals surface area contributed by atoms with Crippen LogP contribution in [0.15, 0.2) is 83.2 Å². The molecule has 0 bridgehead atoms. The molecule has 0 unspecified atom stereocenters. The molecule has 30 heavy (non-hydrogen) atoms. The summed E-state index contributed by atoms with van der Waals surface area (Å²) in [5, 5.41) is 3.25. The van der Waals surface area contributed by atoms with Crippen LogP contribution in [0.5, 0.6) is 0 Å². The minimum absolute atomic E-state index is 0.280. The number of hydrogen-bond donors (Lipinski definition) is 0. The predicted octanol–water partition coefficient (Wildman–Crippen LogP) is 7.21. The maximum absolute atomic E-state index is 15.3. The predicted molar refractivity (Wildman–Crippen MR) is 128 cm³/mol. The smallest absolute Gasteiger partial charge is 0.171 e. The number of allylic oxidation sites excluding steroid dienone is 4. The van der Waals surface area contributed by atoms with Crippen LogP contribution in [-0.2, 0) is 4.57 Å². The Morgan fingerprint density at radius 2 is 1.50 bits per heavy atom. The molecule has 2 heteroatoms. The van der Waals surface area contributed by atoms with Crippen molar-refractivity contribution in [3.8, 4) is 0 Å². The Bertz CT molecular complexity index is 983. The lowest BCUT2D eigenvalue weighted by Gasteiger charge is -2.35. The van der Waals surface area contributed by atoms with Crippen LogP contribution in [0.25, 0.3) is 0 Å². The molecule has 0 radical (unpaired) electrons. The number of fused-ring (bicyclic) bond motifs is 2. The number of hydrogen-bond acceptors (Lipinski definition) is 1. The molecule has 2 aromatic rings. The Morgan fingerprint density at radius 1 is 0.900 bits per heavy atom. The third-order valence-corrected chi connectivity index (χ3v) is 11.4. The van der Waals surface area contributed by atoms with E-state index >= 15 is 4.57 Å². The van der Waals surface area contributed by atoms with Gasteiger partial charge in [0.25, 0.3) is 0 Å². The highest BCUT2D eigenvalue weighted by molar-refractivity contribution is 7.82. The highest BCUT2D eigenvalue weighted by Crippen LogP contribution is 2.66. The zero-order valence-electron chi connectivity index (χ0n) is 18.3. The van der Waals surface area contributed by atoms with Gasteiger partial charge in [0.1, 0.15) is 0 Å². The molecular weight excluding hydrogens is 383 g/mol. The average molecular weight is 417 g/mol. The van der Waals surface area contributed by atoms with Crippen molar-refractivity contribution in [1.82, 2.24) is 0 Å². The fourth-order valence-electron chi connectivity index (χ4n) is 6.41. The molecule has 3 aliphatic rings. The van der Waals surface area contributed by atoms with E-state index in [0.29, 0.717) is 11.8 Å². The third kappa shape index (κ3) is 3.01. The van der Waals surface area contributed by atoms with Crippen molar-refractivity contribution in [3.63, 3.8) is 0 Å². The molecule has 1 fully saturated rings. The first-order valence-corrected chi connectivity index (χ1v) is 13.5. The zero-order chi connectivity index (χ0) is 20.8. The van der Waals surface area contributed by atoms with Gasteiger partial charge in [-0.05, 0) is 67.8 Å². The van der Waals surface area contributed by atoms with Crippen molar-refractivity contribution in [2.45, 2.75) is 58.8 Å². The molecule has 0 saturated heterocycles. The van der Waals surface area contributed by atoms with Gasteiger partial charge in [0.15, 0.2) is 7.14 Å². The van der Waals surface area contributed by atoms with Gasteiger partial charge in [-0.1, -0.05) is 86.2 Å². The molecular formula is C28H33OP. The van der Waals surface area contributed by atoms with Gasteiger partial charge in [-0.25, -0.2) is 0 Å². The largest absolute Gasteiger partial charge is 0.309 e. The summed E-state index contributed by atoms with van der Waals surface area (Å²) in [7, 11) is -2.91. The third-order valence-electron chi connectivity index (χ3n) is 8.16. The highest BCUT2D eigenvalue weighted by Gasteiger charge is 2.48. The van der Waals surface area contributed by atoms with E-state index in [4.69, 9.17) is 0 Å². The van der Waals surface area contributed by atoms with Crippen molar-refractivity contribution in [3.05, 3.63) is 83.2 Å². The molecule has 1 saturated carbocycles. The Morgan fingerprint density at radius 3 is 2.07 bits per heavy atom. The standard InChI is InChI=1S/C28H33OP/c1-3-28(4-2)19-22-18-21-12-11-17-25(21)27(26(22)20-28)30(29,23-13-7-5-8-14-23)24-15-9-6-10-16-24/h5-10,13-16,20-22H,3-4,11-12,17-19H2,1-2H3/t21-,22+/m0/s1. The molecule has 3 aliphatic carbocycles. The molecule has 0 heterocycles. The Kier molecular flexibility index (Phi) is 5.14. The summed E-state index contributed by atoms with van der Waals surface area (Å²) in [4.78, 5) is 0. The van der Waals surface area contributed by atoms with E-state index < -0.39 is 7.14 Å². The van der Waals surface area contributed by atoms with E-state index in [0.717, 1.165) is 17.0 Å². The summed E-state index contributed by atoms with van der Waals surface area (Å²) >= 11 is 0. The minimum atomic E-state index is -2.91. The van der Waals surface area contributed by atoms with E-state index in [1.165, 1.54) is 55.0 Å². The molecule has 2 aromatic carbocycles.